The van der Waals surface area contributed by atoms with Crippen molar-refractivity contribution in [3.05, 3.63) is 53.5 Å². The van der Waals surface area contributed by atoms with Gasteiger partial charge in [-0.2, -0.15) is 0 Å². The molecular weight excluding hydrogens is 250 g/mol. The molecule has 0 aliphatic carbocycles. The maximum absolute atomic E-state index is 5.93. The van der Waals surface area contributed by atoms with Gasteiger partial charge in [-0.25, -0.2) is 0 Å². The summed E-state index contributed by atoms with van der Waals surface area (Å²) in [5, 5.41) is 3.37. The van der Waals surface area contributed by atoms with Gasteiger partial charge in [-0.1, -0.05) is 25.1 Å². The van der Waals surface area contributed by atoms with Crippen LogP contribution in [-0.4, -0.2) is 13.2 Å². The van der Waals surface area contributed by atoms with E-state index in [1.807, 2.05) is 45.2 Å². The van der Waals surface area contributed by atoms with Crippen molar-refractivity contribution in [1.82, 2.24) is 5.32 Å². The molecule has 0 saturated carbocycles. The summed E-state index contributed by atoms with van der Waals surface area (Å²) in [4.78, 5) is 0. The number of para-hydroxylation sites is 1. The van der Waals surface area contributed by atoms with Crippen molar-refractivity contribution in [1.29, 1.82) is 0 Å². The summed E-state index contributed by atoms with van der Waals surface area (Å²) >= 11 is 0. The summed E-state index contributed by atoms with van der Waals surface area (Å²) in [7, 11) is 1.96. The lowest BCUT2D eigenvalue weighted by Crippen LogP contribution is -2.20. The van der Waals surface area contributed by atoms with Gasteiger partial charge in [-0.15, -0.1) is 0 Å². The van der Waals surface area contributed by atoms with Gasteiger partial charge < -0.3 is 14.5 Å². The molecule has 20 heavy (non-hydrogen) atoms. The van der Waals surface area contributed by atoms with Crippen LogP contribution < -0.4 is 10.1 Å². The second-order valence-electron chi connectivity index (χ2n) is 5.08. The molecule has 1 atom stereocenters. The fourth-order valence-electron chi connectivity index (χ4n) is 2.45. The Morgan fingerprint density at radius 1 is 1.15 bits per heavy atom. The average Bonchev–Trinajstić information content (AvgIpc) is 2.89. The molecule has 0 spiro atoms. The molecule has 3 nitrogen and oxygen atoms in total. The van der Waals surface area contributed by atoms with Crippen molar-refractivity contribution >= 4 is 0 Å². The standard InChI is InChI=1S/C17H23NO2/c1-5-15-14(10-11-19-15)17(18-4)13-8-6-7-9-16(13)20-12(2)3/h6-12,17-18H,5H2,1-4H3. The Balaban J connectivity index is 2.42. The van der Waals surface area contributed by atoms with Crippen LogP contribution in [0.5, 0.6) is 5.75 Å². The van der Waals surface area contributed by atoms with Crippen molar-refractivity contribution in [2.45, 2.75) is 39.3 Å². The predicted molar refractivity (Wildman–Crippen MR) is 81.2 cm³/mol. The first-order valence-electron chi connectivity index (χ1n) is 7.16. The number of hydrogen-bond donors (Lipinski definition) is 1. The van der Waals surface area contributed by atoms with Gasteiger partial charge in [-0.3, -0.25) is 0 Å². The molecule has 1 aromatic heterocycles. The third-order valence-corrected chi connectivity index (χ3v) is 3.29. The van der Waals surface area contributed by atoms with Crippen LogP contribution in [0.15, 0.2) is 41.0 Å². The Labute approximate surface area is 121 Å². The van der Waals surface area contributed by atoms with Gasteiger partial charge in [0.2, 0.25) is 0 Å². The Hall–Kier alpha value is -1.74. The molecule has 1 heterocycles. The second kappa shape index (κ2) is 6.62. The monoisotopic (exact) mass is 273 g/mol. The van der Waals surface area contributed by atoms with E-state index in [1.165, 1.54) is 5.56 Å². The molecule has 2 aromatic rings. The SMILES string of the molecule is CCc1occc1C(NC)c1ccccc1OC(C)C. The van der Waals surface area contributed by atoms with Crippen molar-refractivity contribution in [3.63, 3.8) is 0 Å². The van der Waals surface area contributed by atoms with E-state index < -0.39 is 0 Å². The van der Waals surface area contributed by atoms with Crippen LogP contribution in [0.1, 0.15) is 43.7 Å². The van der Waals surface area contributed by atoms with Gasteiger partial charge in [0.15, 0.2) is 0 Å². The second-order valence-corrected chi connectivity index (χ2v) is 5.08. The number of rotatable bonds is 6. The van der Waals surface area contributed by atoms with Gasteiger partial charge in [0.05, 0.1) is 18.4 Å². The highest BCUT2D eigenvalue weighted by atomic mass is 16.5. The molecule has 1 aromatic carbocycles. The zero-order valence-corrected chi connectivity index (χ0v) is 12.6. The molecule has 108 valence electrons. The number of nitrogens with one attached hydrogen (secondary N) is 1. The van der Waals surface area contributed by atoms with E-state index in [0.717, 1.165) is 23.5 Å². The predicted octanol–water partition coefficient (Wildman–Crippen LogP) is 3.94. The Bertz CT molecular complexity index is 545. The molecular formula is C17H23NO2. The molecule has 0 bridgehead atoms. The summed E-state index contributed by atoms with van der Waals surface area (Å²) in [5.41, 5.74) is 2.31. The van der Waals surface area contributed by atoms with Gasteiger partial charge >= 0.3 is 0 Å². The highest BCUT2D eigenvalue weighted by molar-refractivity contribution is 5.42. The largest absolute Gasteiger partial charge is 0.491 e. The quantitative estimate of drug-likeness (QED) is 0.865. The zero-order valence-electron chi connectivity index (χ0n) is 12.6. The van der Waals surface area contributed by atoms with Gasteiger partial charge in [0.1, 0.15) is 11.5 Å². The van der Waals surface area contributed by atoms with E-state index in [4.69, 9.17) is 9.15 Å². The molecule has 0 aliphatic rings. The molecule has 3 heteroatoms. The van der Waals surface area contributed by atoms with Crippen LogP contribution in [-0.2, 0) is 6.42 Å². The maximum Gasteiger partial charge on any atom is 0.124 e. The first-order chi connectivity index (χ1) is 9.67. The van der Waals surface area contributed by atoms with Gasteiger partial charge in [0.25, 0.3) is 0 Å². The number of furan rings is 1. The van der Waals surface area contributed by atoms with Crippen LogP contribution in [0.4, 0.5) is 0 Å². The summed E-state index contributed by atoms with van der Waals surface area (Å²) in [6, 6.07) is 10.3. The number of benzene rings is 1. The number of aryl methyl sites for hydroxylation is 1. The van der Waals surface area contributed by atoms with E-state index >= 15 is 0 Å². The molecule has 0 saturated heterocycles. The lowest BCUT2D eigenvalue weighted by atomic mass is 9.97. The lowest BCUT2D eigenvalue weighted by molar-refractivity contribution is 0.238. The molecule has 0 amide bonds. The maximum atomic E-state index is 5.93. The van der Waals surface area contributed by atoms with Crippen molar-refractivity contribution < 1.29 is 9.15 Å². The van der Waals surface area contributed by atoms with E-state index in [-0.39, 0.29) is 12.1 Å². The zero-order chi connectivity index (χ0) is 14.5. The molecule has 1 N–H and O–H groups in total. The Morgan fingerprint density at radius 3 is 2.55 bits per heavy atom. The van der Waals surface area contributed by atoms with E-state index in [9.17, 15) is 0 Å². The van der Waals surface area contributed by atoms with E-state index in [1.54, 1.807) is 6.26 Å². The van der Waals surface area contributed by atoms with E-state index in [2.05, 4.69) is 18.3 Å². The van der Waals surface area contributed by atoms with Gasteiger partial charge in [-0.05, 0) is 33.0 Å². The van der Waals surface area contributed by atoms with Crippen LogP contribution in [0, 0.1) is 0 Å². The topological polar surface area (TPSA) is 34.4 Å². The minimum Gasteiger partial charge on any atom is -0.491 e. The van der Waals surface area contributed by atoms with Crippen molar-refractivity contribution in [2.24, 2.45) is 0 Å². The van der Waals surface area contributed by atoms with Crippen molar-refractivity contribution in [2.75, 3.05) is 7.05 Å². The molecule has 0 fully saturated rings. The fraction of sp³-hybridized carbons (Fsp3) is 0.412. The summed E-state index contributed by atoms with van der Waals surface area (Å²) in [6.45, 7) is 6.19. The normalized spacial score (nSPS) is 12.7. The smallest absolute Gasteiger partial charge is 0.124 e. The minimum atomic E-state index is 0.0821. The molecule has 2 rings (SSSR count). The van der Waals surface area contributed by atoms with Gasteiger partial charge in [0, 0.05) is 17.5 Å². The molecule has 0 radical (unpaired) electrons. The summed E-state index contributed by atoms with van der Waals surface area (Å²) < 4.78 is 11.5. The van der Waals surface area contributed by atoms with Crippen LogP contribution in [0.2, 0.25) is 0 Å². The first kappa shape index (κ1) is 14.7. The number of hydrogen-bond acceptors (Lipinski definition) is 3. The summed E-state index contributed by atoms with van der Waals surface area (Å²) in [5.74, 6) is 1.94. The highest BCUT2D eigenvalue weighted by Crippen LogP contribution is 2.32. The van der Waals surface area contributed by atoms with E-state index in [0.29, 0.717) is 0 Å². The first-order valence-corrected chi connectivity index (χ1v) is 7.16. The van der Waals surface area contributed by atoms with Crippen LogP contribution in [0.25, 0.3) is 0 Å². The number of ether oxygens (including phenoxy) is 1. The average molecular weight is 273 g/mol. The molecule has 1 unspecified atom stereocenters. The third kappa shape index (κ3) is 3.05. The van der Waals surface area contributed by atoms with Crippen LogP contribution in [0.3, 0.4) is 0 Å². The highest BCUT2D eigenvalue weighted by Gasteiger charge is 2.21. The van der Waals surface area contributed by atoms with Crippen molar-refractivity contribution in [3.8, 4) is 5.75 Å². The molecule has 0 aliphatic heterocycles. The van der Waals surface area contributed by atoms with Crippen LogP contribution >= 0.6 is 0 Å². The Morgan fingerprint density at radius 2 is 1.90 bits per heavy atom. The summed E-state index contributed by atoms with van der Waals surface area (Å²) in [6.07, 6.45) is 2.79. The lowest BCUT2D eigenvalue weighted by Gasteiger charge is -2.21. The third-order valence-electron chi connectivity index (χ3n) is 3.29. The Kier molecular flexibility index (Phi) is 4.85. The minimum absolute atomic E-state index is 0.0821. The fourth-order valence-corrected chi connectivity index (χ4v) is 2.45.